The number of methoxy groups -OCH3 is 1. The van der Waals surface area contributed by atoms with E-state index in [-0.39, 0.29) is 0 Å². The number of likely N-dealkylation sites (N-methyl/N-ethyl adjacent to an activating group) is 1. The molecule has 2 nitrogen and oxygen atoms in total. The molecule has 0 aromatic heterocycles. The van der Waals surface area contributed by atoms with Gasteiger partial charge >= 0.3 is 0 Å². The lowest BCUT2D eigenvalue weighted by atomic mass is 9.78. The van der Waals surface area contributed by atoms with Gasteiger partial charge in [0.25, 0.3) is 0 Å². The summed E-state index contributed by atoms with van der Waals surface area (Å²) in [5.41, 5.74) is 0. The SMILES string of the molecule is CCNC1CCC(C(C)C)CC1OC. The molecule has 1 fully saturated rings. The van der Waals surface area contributed by atoms with Crippen LogP contribution in [0.25, 0.3) is 0 Å². The Morgan fingerprint density at radius 3 is 2.57 bits per heavy atom. The van der Waals surface area contributed by atoms with Gasteiger partial charge < -0.3 is 10.1 Å². The highest BCUT2D eigenvalue weighted by Crippen LogP contribution is 2.31. The molecule has 3 atom stereocenters. The van der Waals surface area contributed by atoms with Crippen LogP contribution in [0.1, 0.15) is 40.0 Å². The van der Waals surface area contributed by atoms with Crippen molar-refractivity contribution in [3.05, 3.63) is 0 Å². The molecule has 0 radical (unpaired) electrons. The number of rotatable bonds is 4. The second-order valence-electron chi connectivity index (χ2n) is 4.76. The minimum Gasteiger partial charge on any atom is -0.380 e. The summed E-state index contributed by atoms with van der Waals surface area (Å²) in [6.45, 7) is 7.87. The predicted octanol–water partition coefficient (Wildman–Crippen LogP) is 2.44. The molecule has 84 valence electrons. The molecular formula is C12H25NO. The van der Waals surface area contributed by atoms with Gasteiger partial charge in [-0.25, -0.2) is 0 Å². The zero-order valence-electron chi connectivity index (χ0n) is 10.0. The van der Waals surface area contributed by atoms with Crippen LogP contribution in [0.15, 0.2) is 0 Å². The summed E-state index contributed by atoms with van der Waals surface area (Å²) >= 11 is 0. The third-order valence-corrected chi connectivity index (χ3v) is 3.54. The maximum absolute atomic E-state index is 5.57. The van der Waals surface area contributed by atoms with Crippen LogP contribution in [0.4, 0.5) is 0 Å². The summed E-state index contributed by atoms with van der Waals surface area (Å²) in [6, 6.07) is 0.583. The molecule has 1 N–H and O–H groups in total. The first-order valence-electron chi connectivity index (χ1n) is 5.95. The zero-order valence-corrected chi connectivity index (χ0v) is 10.0. The van der Waals surface area contributed by atoms with Crippen LogP contribution < -0.4 is 5.32 Å². The van der Waals surface area contributed by atoms with Gasteiger partial charge in [-0.2, -0.15) is 0 Å². The smallest absolute Gasteiger partial charge is 0.0726 e. The number of hydrogen-bond donors (Lipinski definition) is 1. The van der Waals surface area contributed by atoms with Gasteiger partial charge in [0.1, 0.15) is 0 Å². The minimum absolute atomic E-state index is 0.427. The maximum atomic E-state index is 5.57. The Kier molecular flexibility index (Phi) is 4.90. The van der Waals surface area contributed by atoms with Crippen molar-refractivity contribution in [3.8, 4) is 0 Å². The Morgan fingerprint density at radius 2 is 2.07 bits per heavy atom. The van der Waals surface area contributed by atoms with Gasteiger partial charge in [0.05, 0.1) is 6.10 Å². The number of nitrogens with one attached hydrogen (secondary N) is 1. The van der Waals surface area contributed by atoms with Crippen molar-refractivity contribution in [3.63, 3.8) is 0 Å². The molecule has 0 aliphatic heterocycles. The van der Waals surface area contributed by atoms with E-state index in [1.807, 2.05) is 7.11 Å². The van der Waals surface area contributed by atoms with Gasteiger partial charge in [0.2, 0.25) is 0 Å². The lowest BCUT2D eigenvalue weighted by Gasteiger charge is -2.37. The molecule has 0 spiro atoms. The fourth-order valence-electron chi connectivity index (χ4n) is 2.52. The maximum Gasteiger partial charge on any atom is 0.0726 e. The van der Waals surface area contributed by atoms with Crippen molar-refractivity contribution in [1.29, 1.82) is 0 Å². The van der Waals surface area contributed by atoms with Crippen LogP contribution in [-0.2, 0) is 4.74 Å². The second-order valence-corrected chi connectivity index (χ2v) is 4.76. The van der Waals surface area contributed by atoms with E-state index >= 15 is 0 Å². The summed E-state index contributed by atoms with van der Waals surface area (Å²) in [6.07, 6.45) is 4.28. The monoisotopic (exact) mass is 199 g/mol. The lowest BCUT2D eigenvalue weighted by molar-refractivity contribution is 0.0145. The van der Waals surface area contributed by atoms with Crippen LogP contribution in [0.5, 0.6) is 0 Å². The van der Waals surface area contributed by atoms with Crippen molar-refractivity contribution in [1.82, 2.24) is 5.32 Å². The first kappa shape index (κ1) is 12.0. The predicted molar refractivity (Wildman–Crippen MR) is 60.4 cm³/mol. The van der Waals surface area contributed by atoms with E-state index in [1.165, 1.54) is 19.3 Å². The van der Waals surface area contributed by atoms with E-state index in [9.17, 15) is 0 Å². The van der Waals surface area contributed by atoms with Crippen molar-refractivity contribution in [2.75, 3.05) is 13.7 Å². The van der Waals surface area contributed by atoms with E-state index in [0.29, 0.717) is 12.1 Å². The normalized spacial score (nSPS) is 33.6. The third kappa shape index (κ3) is 2.96. The Bertz CT molecular complexity index is 158. The molecule has 0 bridgehead atoms. The quantitative estimate of drug-likeness (QED) is 0.751. The standard InChI is InChI=1S/C12H25NO/c1-5-13-11-7-6-10(9(2)3)8-12(11)14-4/h9-13H,5-8H2,1-4H3. The molecule has 1 aliphatic rings. The molecular weight excluding hydrogens is 174 g/mol. The Balaban J connectivity index is 2.46. The van der Waals surface area contributed by atoms with Gasteiger partial charge in [-0.05, 0) is 37.6 Å². The zero-order chi connectivity index (χ0) is 10.6. The fourth-order valence-corrected chi connectivity index (χ4v) is 2.52. The van der Waals surface area contributed by atoms with Gasteiger partial charge in [0.15, 0.2) is 0 Å². The first-order valence-corrected chi connectivity index (χ1v) is 5.95. The van der Waals surface area contributed by atoms with Crippen LogP contribution in [0, 0.1) is 11.8 Å². The van der Waals surface area contributed by atoms with Gasteiger partial charge in [0, 0.05) is 13.2 Å². The van der Waals surface area contributed by atoms with Crippen LogP contribution in [0.2, 0.25) is 0 Å². The van der Waals surface area contributed by atoms with E-state index < -0.39 is 0 Å². The van der Waals surface area contributed by atoms with Crippen molar-refractivity contribution in [2.45, 2.75) is 52.2 Å². The van der Waals surface area contributed by atoms with Crippen LogP contribution in [0.3, 0.4) is 0 Å². The third-order valence-electron chi connectivity index (χ3n) is 3.54. The molecule has 1 rings (SSSR count). The van der Waals surface area contributed by atoms with E-state index in [4.69, 9.17) is 4.74 Å². The molecule has 0 amide bonds. The summed E-state index contributed by atoms with van der Waals surface area (Å²) in [5.74, 6) is 1.66. The molecule has 0 heterocycles. The topological polar surface area (TPSA) is 21.3 Å². The summed E-state index contributed by atoms with van der Waals surface area (Å²) in [5, 5.41) is 3.52. The molecule has 1 aliphatic carbocycles. The van der Waals surface area contributed by atoms with Crippen molar-refractivity contribution < 1.29 is 4.74 Å². The Hall–Kier alpha value is -0.0800. The average molecular weight is 199 g/mol. The number of ether oxygens (including phenoxy) is 1. The number of hydrogen-bond acceptors (Lipinski definition) is 2. The minimum atomic E-state index is 0.427. The van der Waals surface area contributed by atoms with E-state index in [0.717, 1.165) is 18.4 Å². The highest BCUT2D eigenvalue weighted by atomic mass is 16.5. The van der Waals surface area contributed by atoms with Gasteiger partial charge in [-0.1, -0.05) is 20.8 Å². The van der Waals surface area contributed by atoms with Crippen LogP contribution in [-0.4, -0.2) is 25.8 Å². The Morgan fingerprint density at radius 1 is 1.36 bits per heavy atom. The largest absolute Gasteiger partial charge is 0.380 e. The molecule has 3 unspecified atom stereocenters. The van der Waals surface area contributed by atoms with E-state index in [2.05, 4.69) is 26.1 Å². The average Bonchev–Trinajstić information content (AvgIpc) is 2.18. The van der Waals surface area contributed by atoms with Gasteiger partial charge in [-0.3, -0.25) is 0 Å². The first-order chi connectivity index (χ1) is 6.69. The molecule has 0 aromatic carbocycles. The lowest BCUT2D eigenvalue weighted by Crippen LogP contribution is -2.45. The van der Waals surface area contributed by atoms with Crippen molar-refractivity contribution in [2.24, 2.45) is 11.8 Å². The summed E-state index contributed by atoms with van der Waals surface area (Å²) in [4.78, 5) is 0. The second kappa shape index (κ2) is 5.72. The summed E-state index contributed by atoms with van der Waals surface area (Å²) < 4.78 is 5.57. The highest BCUT2D eigenvalue weighted by Gasteiger charge is 2.30. The molecule has 0 aromatic rings. The molecule has 2 heteroatoms. The highest BCUT2D eigenvalue weighted by molar-refractivity contribution is 4.86. The van der Waals surface area contributed by atoms with Crippen LogP contribution >= 0.6 is 0 Å². The van der Waals surface area contributed by atoms with E-state index in [1.54, 1.807) is 0 Å². The molecule has 14 heavy (non-hydrogen) atoms. The Labute approximate surface area is 88.4 Å². The van der Waals surface area contributed by atoms with Gasteiger partial charge in [-0.15, -0.1) is 0 Å². The molecule has 0 saturated heterocycles. The summed E-state index contributed by atoms with van der Waals surface area (Å²) in [7, 11) is 1.84. The fraction of sp³-hybridized carbons (Fsp3) is 1.00. The molecule has 1 saturated carbocycles. The van der Waals surface area contributed by atoms with Crippen molar-refractivity contribution >= 4 is 0 Å².